The molecular weight excluding hydrogens is 376 g/mol. The molecule has 0 saturated carbocycles. The predicted octanol–water partition coefficient (Wildman–Crippen LogP) is 6.55. The van der Waals surface area contributed by atoms with E-state index < -0.39 is 0 Å². The number of halogens is 2. The molecule has 0 N–H and O–H groups in total. The maximum absolute atomic E-state index is 3.51. The number of hydrogen-bond acceptors (Lipinski definition) is 0. The topological polar surface area (TPSA) is 0 Å². The molecule has 0 saturated heterocycles. The molecule has 0 heterocycles. The van der Waals surface area contributed by atoms with Crippen LogP contribution < -0.4 is 0 Å². The van der Waals surface area contributed by atoms with Crippen LogP contribution in [0.2, 0.25) is 0 Å². The van der Waals surface area contributed by atoms with Crippen LogP contribution in [-0.4, -0.2) is 0 Å². The fourth-order valence-corrected chi connectivity index (χ4v) is 2.99. The van der Waals surface area contributed by atoms with E-state index in [1.807, 2.05) is 12.1 Å². The zero-order chi connectivity index (χ0) is 13.9. The first kappa shape index (κ1) is 13.6. The van der Waals surface area contributed by atoms with Crippen molar-refractivity contribution < 1.29 is 0 Å². The van der Waals surface area contributed by atoms with Crippen molar-refractivity contribution in [3.63, 3.8) is 0 Å². The van der Waals surface area contributed by atoms with Crippen LogP contribution in [0.1, 0.15) is 0 Å². The highest BCUT2D eigenvalue weighted by atomic mass is 79.9. The molecule has 98 valence electrons. The van der Waals surface area contributed by atoms with Crippen molar-refractivity contribution in [3.8, 4) is 22.3 Å². The fourth-order valence-electron chi connectivity index (χ4n) is 2.19. The quantitative estimate of drug-likeness (QED) is 0.467. The minimum Gasteiger partial charge on any atom is -0.0605 e. The molecule has 0 nitrogen and oxygen atoms in total. The van der Waals surface area contributed by atoms with Crippen molar-refractivity contribution in [1.29, 1.82) is 0 Å². The molecule has 0 aliphatic rings. The Morgan fingerprint density at radius 1 is 0.450 bits per heavy atom. The Balaban J connectivity index is 1.96. The average Bonchev–Trinajstić information content (AvgIpc) is 2.47. The SMILES string of the molecule is Brc1cccc(-c2ccc(-c3cccc(Br)c3)cc2)c1. The van der Waals surface area contributed by atoms with Gasteiger partial charge in [0.05, 0.1) is 0 Å². The molecule has 0 bridgehead atoms. The lowest BCUT2D eigenvalue weighted by Crippen LogP contribution is -1.80. The molecule has 2 heteroatoms. The lowest BCUT2D eigenvalue weighted by molar-refractivity contribution is 1.56. The van der Waals surface area contributed by atoms with Crippen molar-refractivity contribution in [1.82, 2.24) is 0 Å². The van der Waals surface area contributed by atoms with Gasteiger partial charge in [-0.1, -0.05) is 80.4 Å². The summed E-state index contributed by atoms with van der Waals surface area (Å²) < 4.78 is 2.21. The highest BCUT2D eigenvalue weighted by molar-refractivity contribution is 9.10. The lowest BCUT2D eigenvalue weighted by Gasteiger charge is -2.06. The van der Waals surface area contributed by atoms with Gasteiger partial charge >= 0.3 is 0 Å². The molecule has 0 unspecified atom stereocenters. The minimum atomic E-state index is 1.10. The average molecular weight is 388 g/mol. The third kappa shape index (κ3) is 3.02. The molecule has 0 fully saturated rings. The summed E-state index contributed by atoms with van der Waals surface area (Å²) >= 11 is 7.03. The molecule has 0 spiro atoms. The molecular formula is C18H12Br2. The summed E-state index contributed by atoms with van der Waals surface area (Å²) in [6.45, 7) is 0. The van der Waals surface area contributed by atoms with E-state index in [0.29, 0.717) is 0 Å². The standard InChI is InChI=1S/C18H12Br2/c19-17-5-1-3-15(11-17)13-7-9-14(10-8-13)16-4-2-6-18(20)12-16/h1-12H. The summed E-state index contributed by atoms with van der Waals surface area (Å²) in [4.78, 5) is 0. The Morgan fingerprint density at radius 2 is 0.850 bits per heavy atom. The van der Waals surface area contributed by atoms with Crippen LogP contribution >= 0.6 is 31.9 Å². The third-order valence-corrected chi connectivity index (χ3v) is 4.19. The summed E-state index contributed by atoms with van der Waals surface area (Å²) in [7, 11) is 0. The molecule has 20 heavy (non-hydrogen) atoms. The molecule has 3 aromatic rings. The van der Waals surface area contributed by atoms with Gasteiger partial charge in [-0.2, -0.15) is 0 Å². The molecule has 0 aliphatic heterocycles. The first-order valence-corrected chi connectivity index (χ1v) is 7.93. The van der Waals surface area contributed by atoms with Crippen molar-refractivity contribution in [2.24, 2.45) is 0 Å². The second kappa shape index (κ2) is 5.94. The van der Waals surface area contributed by atoms with Crippen molar-refractivity contribution in [3.05, 3.63) is 81.7 Å². The van der Waals surface area contributed by atoms with Crippen molar-refractivity contribution in [2.75, 3.05) is 0 Å². The van der Waals surface area contributed by atoms with Crippen molar-refractivity contribution >= 4 is 31.9 Å². The third-order valence-electron chi connectivity index (χ3n) is 3.20. The van der Waals surface area contributed by atoms with E-state index in [1.165, 1.54) is 22.3 Å². The summed E-state index contributed by atoms with van der Waals surface area (Å²) in [5, 5.41) is 0. The molecule has 3 aromatic carbocycles. The van der Waals surface area contributed by atoms with Crippen LogP contribution in [0.4, 0.5) is 0 Å². The Morgan fingerprint density at radius 3 is 1.20 bits per heavy atom. The second-order valence-electron chi connectivity index (χ2n) is 4.60. The largest absolute Gasteiger partial charge is 0.0605 e. The van der Waals surface area contributed by atoms with Crippen LogP contribution in [0.3, 0.4) is 0 Å². The Hall–Kier alpha value is -1.38. The summed E-state index contributed by atoms with van der Waals surface area (Å²) in [5.41, 5.74) is 4.90. The van der Waals surface area contributed by atoms with Gasteiger partial charge in [0.15, 0.2) is 0 Å². The van der Waals surface area contributed by atoms with Gasteiger partial charge in [0.1, 0.15) is 0 Å². The number of hydrogen-bond donors (Lipinski definition) is 0. The molecule has 0 aliphatic carbocycles. The van der Waals surface area contributed by atoms with Gasteiger partial charge in [-0.05, 0) is 46.5 Å². The minimum absolute atomic E-state index is 1.10. The Bertz CT molecular complexity index is 666. The van der Waals surface area contributed by atoms with Crippen LogP contribution in [-0.2, 0) is 0 Å². The molecule has 0 atom stereocenters. The number of rotatable bonds is 2. The number of benzene rings is 3. The highest BCUT2D eigenvalue weighted by Crippen LogP contribution is 2.27. The molecule has 0 radical (unpaired) electrons. The molecule has 0 aromatic heterocycles. The van der Waals surface area contributed by atoms with Gasteiger partial charge in [0.2, 0.25) is 0 Å². The van der Waals surface area contributed by atoms with E-state index in [9.17, 15) is 0 Å². The van der Waals surface area contributed by atoms with E-state index in [-0.39, 0.29) is 0 Å². The van der Waals surface area contributed by atoms with E-state index in [4.69, 9.17) is 0 Å². The van der Waals surface area contributed by atoms with Crippen LogP contribution in [0.15, 0.2) is 81.7 Å². The van der Waals surface area contributed by atoms with E-state index in [1.54, 1.807) is 0 Å². The van der Waals surface area contributed by atoms with Gasteiger partial charge < -0.3 is 0 Å². The fraction of sp³-hybridized carbons (Fsp3) is 0. The monoisotopic (exact) mass is 386 g/mol. The van der Waals surface area contributed by atoms with E-state index >= 15 is 0 Å². The van der Waals surface area contributed by atoms with Gasteiger partial charge in [-0.15, -0.1) is 0 Å². The molecule has 0 amide bonds. The first-order chi connectivity index (χ1) is 9.72. The maximum atomic E-state index is 3.51. The van der Waals surface area contributed by atoms with E-state index in [0.717, 1.165) is 8.95 Å². The van der Waals surface area contributed by atoms with Crippen molar-refractivity contribution in [2.45, 2.75) is 0 Å². The Kier molecular flexibility index (Phi) is 4.04. The maximum Gasteiger partial charge on any atom is 0.0181 e. The zero-order valence-corrected chi connectivity index (χ0v) is 13.9. The zero-order valence-electron chi connectivity index (χ0n) is 10.7. The van der Waals surface area contributed by atoms with Crippen LogP contribution in [0.5, 0.6) is 0 Å². The predicted molar refractivity (Wildman–Crippen MR) is 92.7 cm³/mol. The summed E-state index contributed by atoms with van der Waals surface area (Å²) in [6, 6.07) is 25.4. The van der Waals surface area contributed by atoms with E-state index in [2.05, 4.69) is 92.5 Å². The van der Waals surface area contributed by atoms with Gasteiger partial charge in [-0.3, -0.25) is 0 Å². The summed E-state index contributed by atoms with van der Waals surface area (Å²) in [6.07, 6.45) is 0. The highest BCUT2D eigenvalue weighted by Gasteiger charge is 2.01. The second-order valence-corrected chi connectivity index (χ2v) is 6.43. The lowest BCUT2D eigenvalue weighted by atomic mass is 10.0. The van der Waals surface area contributed by atoms with Crippen LogP contribution in [0.25, 0.3) is 22.3 Å². The smallest absolute Gasteiger partial charge is 0.0181 e. The summed E-state index contributed by atoms with van der Waals surface area (Å²) in [5.74, 6) is 0. The first-order valence-electron chi connectivity index (χ1n) is 6.34. The van der Waals surface area contributed by atoms with Gasteiger partial charge in [-0.25, -0.2) is 0 Å². The Labute approximate surface area is 135 Å². The van der Waals surface area contributed by atoms with Crippen LogP contribution in [0, 0.1) is 0 Å². The van der Waals surface area contributed by atoms with Gasteiger partial charge in [0.25, 0.3) is 0 Å². The normalized spacial score (nSPS) is 10.5. The molecule has 3 rings (SSSR count). The van der Waals surface area contributed by atoms with Gasteiger partial charge in [0, 0.05) is 8.95 Å².